The second kappa shape index (κ2) is 8.27. The molecular weight excluding hydrogens is 403 g/mol. The van der Waals surface area contributed by atoms with E-state index in [9.17, 15) is 9.18 Å². The topological polar surface area (TPSA) is 42.0 Å². The summed E-state index contributed by atoms with van der Waals surface area (Å²) in [4.78, 5) is 17.3. The molecule has 0 aliphatic heterocycles. The molecule has 25 heavy (non-hydrogen) atoms. The summed E-state index contributed by atoms with van der Waals surface area (Å²) < 4.78 is 14.4. The molecule has 6 heteroatoms. The van der Waals surface area contributed by atoms with Crippen LogP contribution < -0.4 is 5.32 Å². The molecule has 3 rings (SSSR count). The Balaban J connectivity index is 1.61. The van der Waals surface area contributed by atoms with Crippen LogP contribution in [-0.4, -0.2) is 10.9 Å². The molecule has 0 saturated carbocycles. The standard InChI is InChI=1S/C19H14BrFN2OS/c20-14-3-8-17(18(21)10-14)19(24)23-15-4-6-16(7-5-15)25-12-13-2-1-9-22-11-13/h1-11H,12H2,(H,23,24). The molecule has 3 aromatic rings. The molecule has 1 aromatic heterocycles. The molecule has 0 aliphatic rings. The van der Waals surface area contributed by atoms with Crippen LogP contribution in [0.4, 0.5) is 10.1 Å². The second-order valence-electron chi connectivity index (χ2n) is 5.25. The lowest BCUT2D eigenvalue weighted by Crippen LogP contribution is -2.13. The predicted molar refractivity (Wildman–Crippen MR) is 102 cm³/mol. The summed E-state index contributed by atoms with van der Waals surface area (Å²) >= 11 is 4.86. The van der Waals surface area contributed by atoms with Gasteiger partial charge in [0.1, 0.15) is 5.82 Å². The van der Waals surface area contributed by atoms with Crippen LogP contribution >= 0.6 is 27.7 Å². The van der Waals surface area contributed by atoms with Gasteiger partial charge >= 0.3 is 0 Å². The number of benzene rings is 2. The summed E-state index contributed by atoms with van der Waals surface area (Å²) in [7, 11) is 0. The largest absolute Gasteiger partial charge is 0.322 e. The van der Waals surface area contributed by atoms with E-state index in [0.717, 1.165) is 16.2 Å². The number of nitrogens with one attached hydrogen (secondary N) is 1. The minimum absolute atomic E-state index is 0.0122. The first kappa shape index (κ1) is 17.6. The number of thioether (sulfide) groups is 1. The summed E-state index contributed by atoms with van der Waals surface area (Å²) in [6, 6.07) is 15.8. The van der Waals surface area contributed by atoms with Gasteiger partial charge in [-0.3, -0.25) is 9.78 Å². The minimum atomic E-state index is -0.560. The van der Waals surface area contributed by atoms with Crippen molar-refractivity contribution in [3.63, 3.8) is 0 Å². The maximum absolute atomic E-state index is 13.8. The summed E-state index contributed by atoms with van der Waals surface area (Å²) in [6.45, 7) is 0. The highest BCUT2D eigenvalue weighted by Crippen LogP contribution is 2.24. The smallest absolute Gasteiger partial charge is 0.258 e. The molecule has 0 atom stereocenters. The first-order valence-corrected chi connectivity index (χ1v) is 9.28. The molecule has 0 fully saturated rings. The van der Waals surface area contributed by atoms with Crippen LogP contribution in [0.2, 0.25) is 0 Å². The molecule has 1 amide bonds. The Kier molecular flexibility index (Phi) is 5.83. The Morgan fingerprint density at radius 3 is 2.64 bits per heavy atom. The van der Waals surface area contributed by atoms with Gasteiger partial charge in [-0.05, 0) is 54.1 Å². The molecule has 0 radical (unpaired) electrons. The van der Waals surface area contributed by atoms with E-state index in [2.05, 4.69) is 26.2 Å². The van der Waals surface area contributed by atoms with Gasteiger partial charge in [0.15, 0.2) is 0 Å². The summed E-state index contributed by atoms with van der Waals surface area (Å²) in [5.41, 5.74) is 1.78. The third kappa shape index (κ3) is 4.90. The molecular formula is C19H14BrFN2OS. The molecule has 0 unspecified atom stereocenters. The lowest BCUT2D eigenvalue weighted by molar-refractivity contribution is 0.102. The zero-order chi connectivity index (χ0) is 17.6. The third-order valence-electron chi connectivity index (χ3n) is 3.42. The minimum Gasteiger partial charge on any atom is -0.322 e. The van der Waals surface area contributed by atoms with Crippen molar-refractivity contribution in [2.75, 3.05) is 5.32 Å². The van der Waals surface area contributed by atoms with E-state index in [0.29, 0.717) is 10.2 Å². The molecule has 1 heterocycles. The van der Waals surface area contributed by atoms with Crippen LogP contribution in [0.15, 0.2) is 76.4 Å². The first-order chi connectivity index (χ1) is 12.1. The van der Waals surface area contributed by atoms with Crippen molar-refractivity contribution in [2.45, 2.75) is 10.6 Å². The van der Waals surface area contributed by atoms with Crippen LogP contribution in [0, 0.1) is 5.82 Å². The molecule has 126 valence electrons. The van der Waals surface area contributed by atoms with E-state index < -0.39 is 11.7 Å². The van der Waals surface area contributed by atoms with Gasteiger partial charge in [0.2, 0.25) is 0 Å². The Labute approximate surface area is 157 Å². The van der Waals surface area contributed by atoms with Gasteiger partial charge < -0.3 is 5.32 Å². The SMILES string of the molecule is O=C(Nc1ccc(SCc2cccnc2)cc1)c1ccc(Br)cc1F. The number of pyridine rings is 1. The van der Waals surface area contributed by atoms with Crippen LogP contribution in [0.1, 0.15) is 15.9 Å². The van der Waals surface area contributed by atoms with E-state index in [1.54, 1.807) is 36.2 Å². The zero-order valence-corrected chi connectivity index (χ0v) is 15.5. The number of hydrogen-bond acceptors (Lipinski definition) is 3. The fourth-order valence-corrected chi connectivity index (χ4v) is 3.32. The molecule has 3 nitrogen and oxygen atoms in total. The molecule has 0 saturated heterocycles. The van der Waals surface area contributed by atoms with Gasteiger partial charge in [0, 0.05) is 33.2 Å². The highest BCUT2D eigenvalue weighted by molar-refractivity contribution is 9.10. The fourth-order valence-electron chi connectivity index (χ4n) is 2.16. The zero-order valence-electron chi connectivity index (χ0n) is 13.1. The number of amides is 1. The second-order valence-corrected chi connectivity index (χ2v) is 7.22. The Morgan fingerprint density at radius 2 is 1.96 bits per heavy atom. The van der Waals surface area contributed by atoms with Crippen molar-refractivity contribution < 1.29 is 9.18 Å². The Hall–Kier alpha value is -2.18. The lowest BCUT2D eigenvalue weighted by atomic mass is 10.2. The van der Waals surface area contributed by atoms with Crippen LogP contribution in [0.5, 0.6) is 0 Å². The van der Waals surface area contributed by atoms with E-state index in [1.165, 1.54) is 12.1 Å². The summed E-state index contributed by atoms with van der Waals surface area (Å²) in [5.74, 6) is -0.208. The number of nitrogens with zero attached hydrogens (tertiary/aromatic N) is 1. The predicted octanol–water partition coefficient (Wildman–Crippen LogP) is 5.53. The average Bonchev–Trinajstić information content (AvgIpc) is 2.62. The van der Waals surface area contributed by atoms with Crippen LogP contribution in [-0.2, 0) is 5.75 Å². The Bertz CT molecular complexity index is 872. The number of carbonyl (C=O) groups is 1. The van der Waals surface area contributed by atoms with Gasteiger partial charge in [-0.2, -0.15) is 0 Å². The maximum Gasteiger partial charge on any atom is 0.258 e. The van der Waals surface area contributed by atoms with Crippen molar-refractivity contribution in [1.82, 2.24) is 4.98 Å². The van der Waals surface area contributed by atoms with Crippen molar-refractivity contribution in [1.29, 1.82) is 0 Å². The van der Waals surface area contributed by atoms with Gasteiger partial charge in [-0.1, -0.05) is 22.0 Å². The number of carbonyl (C=O) groups excluding carboxylic acids is 1. The van der Waals surface area contributed by atoms with Crippen LogP contribution in [0.3, 0.4) is 0 Å². The molecule has 0 spiro atoms. The fraction of sp³-hybridized carbons (Fsp3) is 0.0526. The molecule has 2 aromatic carbocycles. The number of anilines is 1. The van der Waals surface area contributed by atoms with E-state index in [1.807, 2.05) is 30.5 Å². The normalized spacial score (nSPS) is 10.5. The molecule has 0 bridgehead atoms. The van der Waals surface area contributed by atoms with E-state index in [-0.39, 0.29) is 5.56 Å². The van der Waals surface area contributed by atoms with Crippen molar-refractivity contribution in [3.05, 3.63) is 88.4 Å². The average molecular weight is 417 g/mol. The molecule has 1 N–H and O–H groups in total. The number of hydrogen-bond donors (Lipinski definition) is 1. The van der Waals surface area contributed by atoms with E-state index in [4.69, 9.17) is 0 Å². The monoisotopic (exact) mass is 416 g/mol. The van der Waals surface area contributed by atoms with Crippen molar-refractivity contribution in [3.8, 4) is 0 Å². The third-order valence-corrected chi connectivity index (χ3v) is 4.99. The van der Waals surface area contributed by atoms with Gasteiger partial charge in [0.25, 0.3) is 5.91 Å². The molecule has 0 aliphatic carbocycles. The van der Waals surface area contributed by atoms with Crippen LogP contribution in [0.25, 0.3) is 0 Å². The lowest BCUT2D eigenvalue weighted by Gasteiger charge is -2.08. The van der Waals surface area contributed by atoms with Crippen molar-refractivity contribution >= 4 is 39.3 Å². The first-order valence-electron chi connectivity index (χ1n) is 7.50. The highest BCUT2D eigenvalue weighted by Gasteiger charge is 2.12. The van der Waals surface area contributed by atoms with Gasteiger partial charge in [-0.15, -0.1) is 11.8 Å². The number of halogens is 2. The van der Waals surface area contributed by atoms with E-state index >= 15 is 0 Å². The van der Waals surface area contributed by atoms with Gasteiger partial charge in [-0.25, -0.2) is 4.39 Å². The number of rotatable bonds is 5. The Morgan fingerprint density at radius 1 is 1.16 bits per heavy atom. The highest BCUT2D eigenvalue weighted by atomic mass is 79.9. The summed E-state index contributed by atoms with van der Waals surface area (Å²) in [6.07, 6.45) is 3.59. The quantitative estimate of drug-likeness (QED) is 0.556. The van der Waals surface area contributed by atoms with Gasteiger partial charge in [0.05, 0.1) is 5.56 Å². The maximum atomic E-state index is 13.8. The summed E-state index contributed by atoms with van der Waals surface area (Å²) in [5, 5.41) is 2.71. The number of aromatic nitrogens is 1. The van der Waals surface area contributed by atoms with Crippen molar-refractivity contribution in [2.24, 2.45) is 0 Å².